The highest BCUT2D eigenvalue weighted by atomic mass is 35.5. The average Bonchev–Trinajstić information content (AvgIpc) is 3.00. The molecule has 16 heteroatoms. The largest absolute Gasteiger partial charge is 0.435 e. The molecule has 49 heavy (non-hydrogen) atoms. The first kappa shape index (κ1) is 38.9. The Labute approximate surface area is 294 Å². The average molecular weight is 740 g/mol. The van der Waals surface area contributed by atoms with Gasteiger partial charge in [-0.15, -0.1) is 17.3 Å². The highest BCUT2D eigenvalue weighted by Gasteiger charge is 2.34. The Hall–Kier alpha value is -2.92. The summed E-state index contributed by atoms with van der Waals surface area (Å²) in [6.07, 6.45) is 1.84. The van der Waals surface area contributed by atoms with Crippen molar-refractivity contribution in [3.05, 3.63) is 41.3 Å². The van der Waals surface area contributed by atoms with Gasteiger partial charge in [0.15, 0.2) is 0 Å². The molecule has 2 aliphatic heterocycles. The zero-order valence-corrected chi connectivity index (χ0v) is 31.1. The lowest BCUT2D eigenvalue weighted by Gasteiger charge is -2.34. The topological polar surface area (TPSA) is 178 Å². The van der Waals surface area contributed by atoms with Crippen LogP contribution in [0.25, 0.3) is 21.5 Å². The van der Waals surface area contributed by atoms with Gasteiger partial charge >= 0.3 is 5.97 Å². The number of carbonyl (C=O) groups is 1. The molecule has 3 N–H and O–H groups in total. The molecule has 3 aromatic carbocycles. The van der Waals surface area contributed by atoms with Crippen molar-refractivity contribution in [3.63, 3.8) is 0 Å². The fraction of sp³-hybridized carbons (Fsp3) is 0.545. The maximum absolute atomic E-state index is 13.9. The van der Waals surface area contributed by atoms with E-state index < -0.39 is 38.3 Å². The predicted octanol–water partition coefficient (Wildman–Crippen LogP) is 5.73. The minimum atomic E-state index is -3.95. The molecule has 3 aromatic rings. The third kappa shape index (κ3) is 8.03. The van der Waals surface area contributed by atoms with Crippen molar-refractivity contribution in [1.29, 1.82) is 0 Å². The van der Waals surface area contributed by atoms with E-state index in [9.17, 15) is 26.5 Å². The lowest BCUT2D eigenvalue weighted by Crippen LogP contribution is -2.43. The van der Waals surface area contributed by atoms with Crippen LogP contribution >= 0.6 is 12.4 Å². The zero-order chi connectivity index (χ0) is 35.2. The Morgan fingerprint density at radius 2 is 1.22 bits per heavy atom. The number of carbonyl (C=O) groups excluding carboxylic acids is 1. The summed E-state index contributed by atoms with van der Waals surface area (Å²) >= 11 is 0. The molecule has 0 bridgehead atoms. The number of anilines is 1. The highest BCUT2D eigenvalue weighted by molar-refractivity contribution is 7.89. The van der Waals surface area contributed by atoms with E-state index >= 15 is 0 Å². The molecule has 2 saturated heterocycles. The van der Waals surface area contributed by atoms with Crippen molar-refractivity contribution in [1.82, 2.24) is 8.61 Å². The number of nitrogens with one attached hydrogen (secondary N) is 1. The molecule has 0 aliphatic carbocycles. The van der Waals surface area contributed by atoms with Crippen molar-refractivity contribution in [2.45, 2.75) is 69.7 Å². The molecule has 0 amide bonds. The number of fused-ring (bicyclic) bond motifs is 2. The van der Waals surface area contributed by atoms with Gasteiger partial charge in [-0.2, -0.15) is 8.61 Å². The van der Waals surface area contributed by atoms with Crippen LogP contribution in [0.2, 0.25) is 0 Å². The number of halogens is 1. The number of ether oxygens (including phenoxy) is 1. The monoisotopic (exact) mass is 739 g/mol. The Balaban J connectivity index is 0.00000541. The van der Waals surface area contributed by atoms with Crippen LogP contribution in [0.3, 0.4) is 0 Å². The van der Waals surface area contributed by atoms with Gasteiger partial charge in [-0.3, -0.25) is 10.3 Å². The van der Waals surface area contributed by atoms with Crippen LogP contribution in [0, 0.1) is 28.6 Å². The van der Waals surface area contributed by atoms with Gasteiger partial charge in [0.1, 0.15) is 11.2 Å². The summed E-state index contributed by atoms with van der Waals surface area (Å²) in [5.74, 6) is 0.0139. The maximum Gasteiger partial charge on any atom is 0.327 e. The van der Waals surface area contributed by atoms with Crippen molar-refractivity contribution in [2.24, 2.45) is 34.6 Å². The van der Waals surface area contributed by atoms with Crippen LogP contribution in [0.4, 0.5) is 11.4 Å². The number of rotatable bonds is 10. The van der Waals surface area contributed by atoms with Gasteiger partial charge in [0.05, 0.1) is 15.5 Å². The Kier molecular flexibility index (Phi) is 11.7. The van der Waals surface area contributed by atoms with Crippen LogP contribution in [0.1, 0.15) is 54.4 Å². The van der Waals surface area contributed by atoms with E-state index in [4.69, 9.17) is 15.3 Å². The third-order valence-corrected chi connectivity index (χ3v) is 12.7. The summed E-state index contributed by atoms with van der Waals surface area (Å²) in [5, 5.41) is 4.44. The normalized spacial score (nSPS) is 22.8. The minimum Gasteiger partial charge on any atom is -0.435 e. The van der Waals surface area contributed by atoms with E-state index in [1.165, 1.54) is 46.7 Å². The molecule has 270 valence electrons. The van der Waals surface area contributed by atoms with Crippen LogP contribution in [0.15, 0.2) is 51.4 Å². The van der Waals surface area contributed by atoms with Crippen LogP contribution in [-0.2, 0) is 34.4 Å². The van der Waals surface area contributed by atoms with E-state index in [1.54, 1.807) is 12.1 Å². The number of esters is 1. The Morgan fingerprint density at radius 1 is 0.816 bits per heavy atom. The van der Waals surface area contributed by atoms with E-state index in [2.05, 4.69) is 10.7 Å². The van der Waals surface area contributed by atoms with Crippen LogP contribution < -0.4 is 11.2 Å². The lowest BCUT2D eigenvalue weighted by molar-refractivity contribution is -0.159. The molecule has 0 aromatic heterocycles. The van der Waals surface area contributed by atoms with Gasteiger partial charge < -0.3 is 10.5 Å². The number of nitrogens with zero attached hydrogens (tertiary/aromatic N) is 3. The highest BCUT2D eigenvalue weighted by Crippen LogP contribution is 2.44. The third-order valence-electron chi connectivity index (χ3n) is 9.02. The van der Waals surface area contributed by atoms with Crippen LogP contribution in [-0.4, -0.2) is 69.9 Å². The minimum absolute atomic E-state index is 0. The van der Waals surface area contributed by atoms with Gasteiger partial charge in [0.2, 0.25) is 26.8 Å². The SMILES string of the molecule is C[C@@H]1C[C@H](C)CN(S(=O)(=O)c2ccc3c(NOCOC(=O)C(C)(C)N)c4ccc(S(=O)(=O)N5C[C@H](C)C[C@H](C)C5)cc4c(N=O)c3c2)C1.Cl. The second-order valence-electron chi connectivity index (χ2n) is 14.3. The van der Waals surface area contributed by atoms with Gasteiger partial charge in [0, 0.05) is 47.7 Å². The molecular formula is C33H46ClN5O8S2. The molecule has 2 fully saturated rings. The van der Waals surface area contributed by atoms with Gasteiger partial charge in [0.25, 0.3) is 0 Å². The predicted molar refractivity (Wildman–Crippen MR) is 191 cm³/mol. The lowest BCUT2D eigenvalue weighted by atomic mass is 9.94. The van der Waals surface area contributed by atoms with Crippen molar-refractivity contribution >= 4 is 71.3 Å². The fourth-order valence-corrected chi connectivity index (χ4v) is 10.4. The fourth-order valence-electron chi connectivity index (χ4n) is 6.97. The van der Waals surface area contributed by atoms with E-state index in [1.807, 2.05) is 27.7 Å². The molecule has 5 rings (SSSR count). The number of piperidine rings is 2. The number of hydrogen-bond acceptors (Lipinski definition) is 11. The first-order chi connectivity index (χ1) is 22.4. The molecule has 2 heterocycles. The molecule has 0 unspecified atom stereocenters. The molecule has 0 saturated carbocycles. The second-order valence-corrected chi connectivity index (χ2v) is 18.2. The standard InChI is InChI=1S/C33H45N5O8S2.ClH/c1-20-11-21(2)16-37(15-20)47(41,42)24-7-9-26-28(13-24)30(35-40)29-14-25(48(43,44)38-17-22(3)12-23(4)18-38)8-10-27(29)31(26)36-46-19-45-32(39)33(5,6)34;/h7-10,13-14,20-23,36H,11-12,15-19,34H2,1-6H3;1H/t20-,21+,22-,23+;. The number of hydrogen-bond donors (Lipinski definition) is 2. The summed E-state index contributed by atoms with van der Waals surface area (Å²) in [5.41, 5.74) is 7.50. The second kappa shape index (κ2) is 14.7. The van der Waals surface area contributed by atoms with Gasteiger partial charge in [-0.1, -0.05) is 39.8 Å². The Bertz CT molecular complexity index is 1810. The van der Waals surface area contributed by atoms with Gasteiger partial charge in [-0.05, 0) is 79.8 Å². The molecule has 4 atom stereocenters. The molecule has 2 aliphatic rings. The molecule has 13 nitrogen and oxygen atoms in total. The summed E-state index contributed by atoms with van der Waals surface area (Å²) in [7, 11) is -7.89. The quantitative estimate of drug-likeness (QED) is 0.0652. The van der Waals surface area contributed by atoms with Crippen LogP contribution in [0.5, 0.6) is 0 Å². The van der Waals surface area contributed by atoms with E-state index in [0.717, 1.165) is 12.8 Å². The van der Waals surface area contributed by atoms with Crippen molar-refractivity contribution in [2.75, 3.05) is 38.5 Å². The summed E-state index contributed by atoms with van der Waals surface area (Å²) in [4.78, 5) is 30.2. The number of nitroso groups, excluding NO2 is 1. The molecule has 0 spiro atoms. The summed E-state index contributed by atoms with van der Waals surface area (Å²) in [6.45, 7) is 12.0. The number of nitrogens with two attached hydrogens (primary N) is 1. The number of sulfonamides is 2. The summed E-state index contributed by atoms with van der Waals surface area (Å²) in [6, 6.07) is 8.80. The van der Waals surface area contributed by atoms with Crippen molar-refractivity contribution < 1.29 is 31.2 Å². The smallest absolute Gasteiger partial charge is 0.327 e. The van der Waals surface area contributed by atoms with E-state index in [-0.39, 0.29) is 62.3 Å². The van der Waals surface area contributed by atoms with E-state index in [0.29, 0.717) is 42.6 Å². The first-order valence-electron chi connectivity index (χ1n) is 16.1. The Morgan fingerprint density at radius 3 is 1.59 bits per heavy atom. The maximum atomic E-state index is 13.9. The van der Waals surface area contributed by atoms with Crippen molar-refractivity contribution in [3.8, 4) is 0 Å². The van der Waals surface area contributed by atoms with Gasteiger partial charge in [-0.25, -0.2) is 21.7 Å². The molecule has 0 radical (unpaired) electrons. The molecular weight excluding hydrogens is 694 g/mol. The summed E-state index contributed by atoms with van der Waals surface area (Å²) < 4.78 is 63.5. The zero-order valence-electron chi connectivity index (χ0n) is 28.6. The first-order valence-corrected chi connectivity index (χ1v) is 19.0. The number of benzene rings is 3.